The third-order valence-electron chi connectivity index (χ3n) is 13.2. The fourth-order valence-electron chi connectivity index (χ4n) is 10.4. The molecule has 11 heteroatoms. The zero-order valence-corrected chi connectivity index (χ0v) is 30.3. The van der Waals surface area contributed by atoms with Crippen LogP contribution in [0.15, 0.2) is 52.9 Å². The Labute approximate surface area is 289 Å². The van der Waals surface area contributed by atoms with Gasteiger partial charge in [-0.1, -0.05) is 38.1 Å². The van der Waals surface area contributed by atoms with Crippen LogP contribution >= 0.6 is 0 Å². The van der Waals surface area contributed by atoms with Gasteiger partial charge in [0.1, 0.15) is 4.90 Å². The summed E-state index contributed by atoms with van der Waals surface area (Å²) in [6, 6.07) is 10.6. The molecule has 270 valence electrons. The molecule has 5 N–H and O–H groups in total. The molecule has 0 heterocycles. The highest BCUT2D eigenvalue weighted by molar-refractivity contribution is 7.87. The SMILES string of the molecule is CC(CC[C@@H](O)[C@](C)(O)C1CC[C@@]2(O)C3=CC(=O)C4C[C@@H](O)[C@@H](O)CC4(C)C3CC[C@]12C)OS(=O)(=O)c1cccc2c(N(C)C)cccc12. The molecule has 0 bridgehead atoms. The van der Waals surface area contributed by atoms with Crippen molar-refractivity contribution in [3.05, 3.63) is 48.0 Å². The number of nitrogens with zero attached hydrogens (tertiary/aromatic N) is 1. The van der Waals surface area contributed by atoms with E-state index in [2.05, 4.69) is 0 Å². The van der Waals surface area contributed by atoms with Crippen LogP contribution in [0.2, 0.25) is 0 Å². The minimum absolute atomic E-state index is 0.0662. The van der Waals surface area contributed by atoms with Crippen LogP contribution in [0.25, 0.3) is 10.8 Å². The lowest BCUT2D eigenvalue weighted by molar-refractivity contribution is -0.176. The average molecular weight is 700 g/mol. The number of ketones is 1. The normalized spacial score (nSPS) is 37.0. The minimum atomic E-state index is -4.16. The number of anilines is 1. The summed E-state index contributed by atoms with van der Waals surface area (Å²) in [5, 5.41) is 58.2. The Morgan fingerprint density at radius 3 is 2.37 bits per heavy atom. The van der Waals surface area contributed by atoms with Gasteiger partial charge in [-0.2, -0.15) is 8.42 Å². The summed E-state index contributed by atoms with van der Waals surface area (Å²) >= 11 is 0. The van der Waals surface area contributed by atoms with Crippen LogP contribution in [0.4, 0.5) is 5.69 Å². The minimum Gasteiger partial charge on any atom is -0.390 e. The van der Waals surface area contributed by atoms with Gasteiger partial charge in [0.15, 0.2) is 5.78 Å². The molecule has 49 heavy (non-hydrogen) atoms. The molecule has 0 saturated heterocycles. The number of fused-ring (bicyclic) bond motifs is 6. The molecule has 0 aromatic heterocycles. The van der Waals surface area contributed by atoms with Crippen molar-refractivity contribution in [2.24, 2.45) is 28.6 Å². The molecule has 4 aliphatic rings. The van der Waals surface area contributed by atoms with E-state index < -0.39 is 68.4 Å². The van der Waals surface area contributed by atoms with E-state index in [1.54, 1.807) is 38.1 Å². The van der Waals surface area contributed by atoms with Gasteiger partial charge in [-0.25, -0.2) is 0 Å². The first-order valence-electron chi connectivity index (χ1n) is 17.6. The topological polar surface area (TPSA) is 165 Å². The molecule has 10 nitrogen and oxygen atoms in total. The molecule has 0 radical (unpaired) electrons. The van der Waals surface area contributed by atoms with Crippen molar-refractivity contribution < 1.29 is 42.9 Å². The summed E-state index contributed by atoms with van der Waals surface area (Å²) in [6.07, 6.45) is 0.283. The van der Waals surface area contributed by atoms with Gasteiger partial charge in [0.05, 0.1) is 35.6 Å². The molecule has 3 saturated carbocycles. The largest absolute Gasteiger partial charge is 0.390 e. The Balaban J connectivity index is 1.17. The third-order valence-corrected chi connectivity index (χ3v) is 14.7. The Kier molecular flexibility index (Phi) is 9.21. The number of carbonyl (C=O) groups excluding carboxylic acids is 1. The Hall–Kier alpha value is -2.38. The van der Waals surface area contributed by atoms with Crippen molar-refractivity contribution in [3.8, 4) is 0 Å². The molecule has 0 aliphatic heterocycles. The van der Waals surface area contributed by atoms with E-state index >= 15 is 0 Å². The van der Waals surface area contributed by atoms with Gasteiger partial charge in [0.2, 0.25) is 0 Å². The zero-order valence-electron chi connectivity index (χ0n) is 29.5. The highest BCUT2D eigenvalue weighted by Gasteiger charge is 2.69. The van der Waals surface area contributed by atoms with Crippen LogP contribution in [0.3, 0.4) is 0 Å². The third kappa shape index (κ3) is 5.68. The standard InChI is InChI=1S/C38H53NO9S/c1-22(48-49(46,47)32-12-8-9-23-24(32)10-7-11-28(23)39(5)6)13-14-34(43)37(4,44)33-16-18-38(45)26-19-29(40)27-20-30(41)31(42)21-35(27,2)25(26)15-17-36(33,38)3/h7-12,19,22,25,27,30-31,33-34,41-45H,13-18,20-21H2,1-6H3/t22?,25?,27?,30-,31+,33?,34-,35?,36-,37-,38-/m1/s1. The number of benzene rings is 2. The lowest BCUT2D eigenvalue weighted by Crippen LogP contribution is -2.62. The van der Waals surface area contributed by atoms with E-state index in [0.717, 1.165) is 11.1 Å². The fraction of sp³-hybridized carbons (Fsp3) is 0.658. The molecule has 2 aromatic rings. The van der Waals surface area contributed by atoms with Crippen LogP contribution in [0.1, 0.15) is 79.1 Å². The number of aliphatic hydroxyl groups is 5. The van der Waals surface area contributed by atoms with Gasteiger partial charge in [-0.3, -0.25) is 8.98 Å². The van der Waals surface area contributed by atoms with Crippen molar-refractivity contribution in [1.29, 1.82) is 0 Å². The van der Waals surface area contributed by atoms with E-state index in [0.29, 0.717) is 36.6 Å². The molecule has 6 rings (SSSR count). The highest BCUT2D eigenvalue weighted by Crippen LogP contribution is 2.68. The van der Waals surface area contributed by atoms with Gasteiger partial charge in [-0.15, -0.1) is 0 Å². The predicted molar refractivity (Wildman–Crippen MR) is 186 cm³/mol. The summed E-state index contributed by atoms with van der Waals surface area (Å²) in [7, 11) is -0.369. The lowest BCUT2D eigenvalue weighted by atomic mass is 9.45. The second-order valence-corrected chi connectivity index (χ2v) is 17.8. The first-order valence-corrected chi connectivity index (χ1v) is 19.1. The fourth-order valence-corrected chi connectivity index (χ4v) is 11.7. The molecular formula is C38H53NO9S. The maximum atomic E-state index is 13.5. The second kappa shape index (κ2) is 12.4. The maximum Gasteiger partial charge on any atom is 0.297 e. The van der Waals surface area contributed by atoms with Crippen molar-refractivity contribution in [2.75, 3.05) is 19.0 Å². The summed E-state index contributed by atoms with van der Waals surface area (Å²) in [4.78, 5) is 15.5. The molecule has 0 amide bonds. The Bertz CT molecular complexity index is 1760. The lowest BCUT2D eigenvalue weighted by Gasteiger charge is -2.60. The van der Waals surface area contributed by atoms with Gasteiger partial charge >= 0.3 is 0 Å². The van der Waals surface area contributed by atoms with Crippen LogP contribution < -0.4 is 4.90 Å². The van der Waals surface area contributed by atoms with Crippen molar-refractivity contribution in [2.45, 2.75) is 120 Å². The average Bonchev–Trinajstić information content (AvgIpc) is 3.32. The van der Waals surface area contributed by atoms with Gasteiger partial charge in [0, 0.05) is 41.9 Å². The van der Waals surface area contributed by atoms with Crippen molar-refractivity contribution >= 4 is 32.4 Å². The number of hydrogen-bond acceptors (Lipinski definition) is 10. The first kappa shape index (κ1) is 36.4. The van der Waals surface area contributed by atoms with Crippen LogP contribution in [-0.4, -0.2) is 89.4 Å². The Morgan fingerprint density at radius 1 is 1.00 bits per heavy atom. The van der Waals surface area contributed by atoms with E-state index in [9.17, 15) is 38.7 Å². The number of hydrogen-bond donors (Lipinski definition) is 5. The highest BCUT2D eigenvalue weighted by atomic mass is 32.2. The van der Waals surface area contributed by atoms with Crippen LogP contribution in [-0.2, 0) is 19.1 Å². The maximum absolute atomic E-state index is 13.5. The van der Waals surface area contributed by atoms with Crippen molar-refractivity contribution in [3.63, 3.8) is 0 Å². The van der Waals surface area contributed by atoms with Crippen LogP contribution in [0, 0.1) is 28.6 Å². The number of carbonyl (C=O) groups is 1. The summed E-state index contributed by atoms with van der Waals surface area (Å²) in [6.45, 7) is 7.15. The second-order valence-electron chi connectivity index (χ2n) is 16.3. The summed E-state index contributed by atoms with van der Waals surface area (Å²) < 4.78 is 32.6. The summed E-state index contributed by atoms with van der Waals surface area (Å²) in [5.41, 5.74) is -2.93. The van der Waals surface area contributed by atoms with Gasteiger partial charge < -0.3 is 30.4 Å². The Morgan fingerprint density at radius 2 is 1.67 bits per heavy atom. The predicted octanol–water partition coefficient (Wildman–Crippen LogP) is 4.10. The molecule has 0 spiro atoms. The van der Waals surface area contributed by atoms with E-state index in [4.69, 9.17) is 4.18 Å². The van der Waals surface area contributed by atoms with Crippen molar-refractivity contribution in [1.82, 2.24) is 0 Å². The quantitative estimate of drug-likeness (QED) is 0.241. The van der Waals surface area contributed by atoms with E-state index in [1.165, 1.54) is 6.07 Å². The molecular weight excluding hydrogens is 646 g/mol. The number of rotatable bonds is 9. The van der Waals surface area contributed by atoms with E-state index in [1.807, 2.05) is 45.0 Å². The summed E-state index contributed by atoms with van der Waals surface area (Å²) in [5.74, 6) is -1.24. The zero-order chi connectivity index (χ0) is 35.9. The van der Waals surface area contributed by atoms with E-state index in [-0.39, 0.29) is 42.3 Å². The molecule has 5 unspecified atom stereocenters. The number of allylic oxidation sites excluding steroid dienone is 1. The molecule has 3 fully saturated rings. The van der Waals surface area contributed by atoms with Gasteiger partial charge in [0.25, 0.3) is 10.1 Å². The molecule has 4 aliphatic carbocycles. The van der Waals surface area contributed by atoms with Gasteiger partial charge in [-0.05, 0) is 106 Å². The smallest absolute Gasteiger partial charge is 0.297 e. The molecule has 2 aromatic carbocycles. The number of aliphatic hydroxyl groups excluding tert-OH is 3. The van der Waals surface area contributed by atoms with Crippen LogP contribution in [0.5, 0.6) is 0 Å². The monoisotopic (exact) mass is 699 g/mol. The first-order chi connectivity index (χ1) is 22.8. The molecule has 11 atom stereocenters.